The SMILES string of the molecule is COc1cccc([SH](c2cccc(OC)c2)c2cc(OC)cc(C3CCCC(c4cc(C5CCCCC5)cc(C5CCCCC5)c4S(=O)(=O)O)C3)c2)c1. The van der Waals surface area contributed by atoms with E-state index < -0.39 is 21.0 Å². The van der Waals surface area contributed by atoms with E-state index in [9.17, 15) is 13.0 Å². The maximum atomic E-state index is 13.5. The summed E-state index contributed by atoms with van der Waals surface area (Å²) in [6, 6.07) is 27.7. The summed E-state index contributed by atoms with van der Waals surface area (Å²) in [6.45, 7) is 0. The van der Waals surface area contributed by atoms with E-state index >= 15 is 0 Å². The average molecular weight is 757 g/mol. The van der Waals surface area contributed by atoms with Gasteiger partial charge < -0.3 is 14.2 Å². The third kappa shape index (κ3) is 8.60. The zero-order chi connectivity index (χ0) is 37.0. The quantitative estimate of drug-likeness (QED) is 0.117. The van der Waals surface area contributed by atoms with Gasteiger partial charge in [-0.25, -0.2) is 0 Å². The van der Waals surface area contributed by atoms with Gasteiger partial charge in [0, 0.05) is 0 Å². The zero-order valence-corrected chi connectivity index (χ0v) is 33.3. The van der Waals surface area contributed by atoms with Crippen LogP contribution in [-0.4, -0.2) is 34.3 Å². The van der Waals surface area contributed by atoms with Crippen LogP contribution < -0.4 is 14.2 Å². The van der Waals surface area contributed by atoms with Crippen LogP contribution in [-0.2, 0) is 10.1 Å². The minimum atomic E-state index is -4.43. The van der Waals surface area contributed by atoms with Crippen molar-refractivity contribution in [2.75, 3.05) is 21.3 Å². The summed E-state index contributed by atoms with van der Waals surface area (Å²) in [7, 11) is -0.301. The van der Waals surface area contributed by atoms with Gasteiger partial charge in [-0.2, -0.15) is 19.3 Å². The molecule has 0 radical (unpaired) electrons. The van der Waals surface area contributed by atoms with E-state index in [-0.39, 0.29) is 22.6 Å². The Morgan fingerprint density at radius 1 is 0.528 bits per heavy atom. The fraction of sp³-hybridized carbons (Fsp3) is 0.467. The number of methoxy groups -OCH3 is 3. The Labute approximate surface area is 319 Å². The van der Waals surface area contributed by atoms with Crippen molar-refractivity contribution in [3.05, 3.63) is 101 Å². The molecule has 53 heavy (non-hydrogen) atoms. The van der Waals surface area contributed by atoms with E-state index in [1.165, 1.54) is 51.5 Å². The van der Waals surface area contributed by atoms with Crippen LogP contribution in [0.3, 0.4) is 0 Å². The van der Waals surface area contributed by atoms with Crippen molar-refractivity contribution in [3.63, 3.8) is 0 Å². The summed E-state index contributed by atoms with van der Waals surface area (Å²) < 4.78 is 55.3. The normalized spacial score (nSPS) is 20.5. The lowest BCUT2D eigenvalue weighted by molar-refractivity contribution is 0.380. The Morgan fingerprint density at radius 3 is 1.58 bits per heavy atom. The monoisotopic (exact) mass is 756 g/mol. The molecule has 6 nitrogen and oxygen atoms in total. The molecule has 0 bridgehead atoms. The fourth-order valence-electron chi connectivity index (χ4n) is 9.50. The van der Waals surface area contributed by atoms with Crippen molar-refractivity contribution < 1.29 is 27.2 Å². The molecule has 0 aromatic heterocycles. The first-order valence-corrected chi connectivity index (χ1v) is 22.5. The molecule has 2 unspecified atom stereocenters. The van der Waals surface area contributed by atoms with Crippen LogP contribution in [0, 0.1) is 0 Å². The minimum absolute atomic E-state index is 0.0319. The summed E-state index contributed by atoms with van der Waals surface area (Å²) in [6.07, 6.45) is 15.1. The van der Waals surface area contributed by atoms with Crippen LogP contribution in [0.2, 0.25) is 0 Å². The van der Waals surface area contributed by atoms with Gasteiger partial charge in [0.15, 0.2) is 0 Å². The highest BCUT2D eigenvalue weighted by Gasteiger charge is 2.35. The topological polar surface area (TPSA) is 82.1 Å². The van der Waals surface area contributed by atoms with E-state index in [0.717, 1.165) is 92.6 Å². The Bertz CT molecular complexity index is 1930. The smallest absolute Gasteiger partial charge is 0.295 e. The summed E-state index contributed by atoms with van der Waals surface area (Å²) in [5, 5.41) is 0. The van der Waals surface area contributed by atoms with Crippen molar-refractivity contribution in [1.82, 2.24) is 0 Å². The first kappa shape index (κ1) is 37.8. The second-order valence-corrected chi connectivity index (χ2v) is 19.0. The third-order valence-electron chi connectivity index (χ3n) is 12.2. The van der Waals surface area contributed by atoms with Crippen LogP contribution in [0.25, 0.3) is 0 Å². The van der Waals surface area contributed by atoms with Gasteiger partial charge in [0.1, 0.15) is 22.1 Å². The van der Waals surface area contributed by atoms with Gasteiger partial charge in [0.05, 0.1) is 21.3 Å². The van der Waals surface area contributed by atoms with E-state index in [1.54, 1.807) is 21.3 Å². The summed E-state index contributed by atoms with van der Waals surface area (Å²) in [4.78, 5) is 3.73. The molecule has 3 aliphatic carbocycles. The highest BCUT2D eigenvalue weighted by atomic mass is 32.2. The lowest BCUT2D eigenvalue weighted by Crippen LogP contribution is -2.20. The zero-order valence-electron chi connectivity index (χ0n) is 31.6. The fourth-order valence-corrected chi connectivity index (χ4v) is 13.0. The molecule has 284 valence electrons. The third-order valence-corrected chi connectivity index (χ3v) is 15.5. The number of rotatable bonds is 11. The van der Waals surface area contributed by atoms with Gasteiger partial charge in [-0.05, 0) is 160 Å². The molecule has 0 saturated heterocycles. The standard InChI is InChI=1S/C45H56O6S2/c1-49-37-19-11-21-40(28-37)52(41-22-12-20-38(29-41)50-2)42-25-35(24-39(30-42)51-3)33-17-10-18-34(23-33)44-27-36(31-13-6-4-7-14-31)26-43(45(44)53(46,47)48)32-15-8-5-9-16-32/h11-12,19-22,24-34,52H,4-10,13-18,23H2,1-3H3,(H,46,47,48). The molecule has 7 rings (SSSR count). The van der Waals surface area contributed by atoms with Gasteiger partial charge in [-0.15, -0.1) is 0 Å². The Kier molecular flexibility index (Phi) is 12.1. The molecule has 0 heterocycles. The van der Waals surface area contributed by atoms with Crippen LogP contribution in [0.5, 0.6) is 17.2 Å². The number of benzene rings is 4. The second kappa shape index (κ2) is 16.9. The molecule has 3 aliphatic rings. The predicted octanol–water partition coefficient (Wildman–Crippen LogP) is 12.0. The molecule has 3 saturated carbocycles. The maximum absolute atomic E-state index is 13.5. The van der Waals surface area contributed by atoms with Gasteiger partial charge in [0.25, 0.3) is 10.1 Å². The Hall–Kier alpha value is -3.46. The van der Waals surface area contributed by atoms with Crippen LogP contribution in [0.4, 0.5) is 0 Å². The van der Waals surface area contributed by atoms with E-state index in [2.05, 4.69) is 54.6 Å². The Morgan fingerprint density at radius 2 is 1.02 bits per heavy atom. The molecule has 0 spiro atoms. The second-order valence-electron chi connectivity index (χ2n) is 15.4. The average Bonchev–Trinajstić information content (AvgIpc) is 3.21. The number of thiol groups is 1. The molecule has 8 heteroatoms. The molecule has 4 aromatic carbocycles. The van der Waals surface area contributed by atoms with E-state index in [1.807, 2.05) is 24.3 Å². The van der Waals surface area contributed by atoms with Crippen molar-refractivity contribution in [1.29, 1.82) is 0 Å². The number of ether oxygens (including phenoxy) is 3. The molecule has 2 atom stereocenters. The van der Waals surface area contributed by atoms with Crippen molar-refractivity contribution in [3.8, 4) is 17.2 Å². The first-order valence-electron chi connectivity index (χ1n) is 19.7. The highest BCUT2D eigenvalue weighted by Crippen LogP contribution is 2.55. The summed E-state index contributed by atoms with van der Waals surface area (Å²) in [5.41, 5.74) is 4.25. The lowest BCUT2D eigenvalue weighted by Gasteiger charge is -2.34. The molecule has 0 amide bonds. The summed E-state index contributed by atoms with van der Waals surface area (Å²) in [5.74, 6) is 3.31. The number of hydrogen-bond donors (Lipinski definition) is 2. The molecular weight excluding hydrogens is 701 g/mol. The van der Waals surface area contributed by atoms with Crippen molar-refractivity contribution in [2.24, 2.45) is 0 Å². The van der Waals surface area contributed by atoms with Crippen LogP contribution >= 0.6 is 10.9 Å². The summed E-state index contributed by atoms with van der Waals surface area (Å²) >= 11 is 0. The maximum Gasteiger partial charge on any atom is 0.295 e. The lowest BCUT2D eigenvalue weighted by atomic mass is 9.72. The first-order chi connectivity index (χ1) is 25.7. The predicted molar refractivity (Wildman–Crippen MR) is 215 cm³/mol. The molecule has 0 aliphatic heterocycles. The van der Waals surface area contributed by atoms with Gasteiger partial charge >= 0.3 is 0 Å². The minimum Gasteiger partial charge on any atom is -0.497 e. The molecule has 4 aromatic rings. The number of hydrogen-bond acceptors (Lipinski definition) is 5. The van der Waals surface area contributed by atoms with E-state index in [0.29, 0.717) is 5.92 Å². The van der Waals surface area contributed by atoms with Crippen molar-refractivity contribution >= 4 is 21.0 Å². The van der Waals surface area contributed by atoms with Crippen LogP contribution in [0.1, 0.15) is 136 Å². The van der Waals surface area contributed by atoms with Crippen molar-refractivity contribution in [2.45, 2.75) is 133 Å². The molecular formula is C45H56O6S2. The molecule has 1 N–H and O–H groups in total. The van der Waals surface area contributed by atoms with Gasteiger partial charge in [-0.1, -0.05) is 69.2 Å². The Balaban J connectivity index is 1.31. The van der Waals surface area contributed by atoms with Crippen LogP contribution in [0.15, 0.2) is 98.4 Å². The molecule has 3 fully saturated rings. The van der Waals surface area contributed by atoms with E-state index in [4.69, 9.17) is 14.2 Å². The largest absolute Gasteiger partial charge is 0.497 e. The van der Waals surface area contributed by atoms with Gasteiger partial charge in [-0.3, -0.25) is 4.55 Å². The van der Waals surface area contributed by atoms with Gasteiger partial charge in [0.2, 0.25) is 0 Å². The highest BCUT2D eigenvalue weighted by molar-refractivity contribution is 8.17.